The Labute approximate surface area is 112 Å². The molecule has 0 aliphatic carbocycles. The highest BCUT2D eigenvalue weighted by Crippen LogP contribution is 2.24. The molecule has 0 saturated carbocycles. The predicted octanol–water partition coefficient (Wildman–Crippen LogP) is 0.478. The van der Waals surface area contributed by atoms with Gasteiger partial charge in [0, 0.05) is 24.6 Å². The summed E-state index contributed by atoms with van der Waals surface area (Å²) in [6, 6.07) is -0.470. The van der Waals surface area contributed by atoms with Crippen LogP contribution in [-0.4, -0.2) is 54.0 Å². The highest BCUT2D eigenvalue weighted by atomic mass is 32.2. The van der Waals surface area contributed by atoms with Crippen LogP contribution in [0.1, 0.15) is 20.8 Å². The van der Waals surface area contributed by atoms with Crippen molar-refractivity contribution in [3.8, 4) is 0 Å². The van der Waals surface area contributed by atoms with E-state index in [2.05, 4.69) is 0 Å². The van der Waals surface area contributed by atoms with Gasteiger partial charge in [0.05, 0.1) is 12.0 Å². The van der Waals surface area contributed by atoms with Gasteiger partial charge in [0.15, 0.2) is 0 Å². The van der Waals surface area contributed by atoms with Gasteiger partial charge >= 0.3 is 5.97 Å². The van der Waals surface area contributed by atoms with E-state index in [4.69, 9.17) is 10.5 Å². The number of thioether (sulfide) groups is 1. The molecule has 1 saturated heterocycles. The third kappa shape index (κ3) is 3.38. The van der Waals surface area contributed by atoms with E-state index in [-0.39, 0.29) is 18.4 Å². The molecular weight excluding hydrogens is 252 g/mol. The van der Waals surface area contributed by atoms with E-state index in [0.29, 0.717) is 18.9 Å². The molecule has 104 valence electrons. The summed E-state index contributed by atoms with van der Waals surface area (Å²) in [5.74, 6) is 1.07. The molecule has 0 bridgehead atoms. The molecule has 1 amide bonds. The Balaban J connectivity index is 2.82. The number of hydrogen-bond acceptors (Lipinski definition) is 5. The number of carbonyl (C=O) groups is 2. The van der Waals surface area contributed by atoms with Crippen LogP contribution in [0.15, 0.2) is 0 Å². The lowest BCUT2D eigenvalue weighted by molar-refractivity contribution is -0.156. The van der Waals surface area contributed by atoms with E-state index in [9.17, 15) is 9.59 Å². The Bertz CT molecular complexity index is 320. The second-order valence-corrected chi connectivity index (χ2v) is 6.08. The minimum Gasteiger partial charge on any atom is -0.464 e. The first-order chi connectivity index (χ1) is 8.44. The Kier molecular flexibility index (Phi) is 5.47. The molecule has 1 aliphatic heterocycles. The lowest BCUT2D eigenvalue weighted by Crippen LogP contribution is -2.55. The van der Waals surface area contributed by atoms with Gasteiger partial charge in [-0.2, -0.15) is 11.8 Å². The van der Waals surface area contributed by atoms with Crippen LogP contribution < -0.4 is 5.73 Å². The van der Waals surface area contributed by atoms with E-state index < -0.39 is 11.5 Å². The van der Waals surface area contributed by atoms with Gasteiger partial charge in [-0.3, -0.25) is 4.79 Å². The molecule has 1 unspecified atom stereocenters. The van der Waals surface area contributed by atoms with Crippen LogP contribution in [0, 0.1) is 5.41 Å². The zero-order valence-electron chi connectivity index (χ0n) is 11.3. The van der Waals surface area contributed by atoms with Gasteiger partial charge in [0.1, 0.15) is 6.04 Å². The second kappa shape index (κ2) is 6.43. The van der Waals surface area contributed by atoms with Crippen molar-refractivity contribution in [2.75, 3.05) is 31.2 Å². The van der Waals surface area contributed by atoms with Crippen LogP contribution in [0.4, 0.5) is 0 Å². The zero-order valence-corrected chi connectivity index (χ0v) is 12.1. The molecule has 2 N–H and O–H groups in total. The van der Waals surface area contributed by atoms with Crippen molar-refractivity contribution in [1.29, 1.82) is 0 Å². The van der Waals surface area contributed by atoms with Crippen molar-refractivity contribution in [2.24, 2.45) is 11.1 Å². The molecule has 1 atom stereocenters. The largest absolute Gasteiger partial charge is 0.464 e. The smallest absolute Gasteiger partial charge is 0.329 e. The third-order valence-electron chi connectivity index (χ3n) is 3.04. The van der Waals surface area contributed by atoms with Crippen molar-refractivity contribution < 1.29 is 14.3 Å². The summed E-state index contributed by atoms with van der Waals surface area (Å²) >= 11 is 1.67. The third-order valence-corrected chi connectivity index (χ3v) is 4.06. The Morgan fingerprint density at radius 3 is 2.72 bits per heavy atom. The van der Waals surface area contributed by atoms with Gasteiger partial charge < -0.3 is 15.4 Å². The number of rotatable bonds is 4. The zero-order chi connectivity index (χ0) is 13.8. The lowest BCUT2D eigenvalue weighted by Gasteiger charge is -2.38. The van der Waals surface area contributed by atoms with E-state index in [0.717, 1.165) is 5.75 Å². The van der Waals surface area contributed by atoms with Crippen LogP contribution in [0.3, 0.4) is 0 Å². The molecule has 1 aliphatic rings. The topological polar surface area (TPSA) is 72.6 Å². The van der Waals surface area contributed by atoms with Gasteiger partial charge in [-0.1, -0.05) is 0 Å². The van der Waals surface area contributed by atoms with Crippen molar-refractivity contribution in [2.45, 2.75) is 26.8 Å². The number of carbonyl (C=O) groups excluding carboxylic acids is 2. The first-order valence-electron chi connectivity index (χ1n) is 6.19. The average Bonchev–Trinajstić information content (AvgIpc) is 2.38. The summed E-state index contributed by atoms with van der Waals surface area (Å²) in [6.45, 7) is 6.56. The lowest BCUT2D eigenvalue weighted by atomic mass is 9.91. The van der Waals surface area contributed by atoms with Gasteiger partial charge in [0.25, 0.3) is 0 Å². The number of ether oxygens (including phenoxy) is 1. The van der Waals surface area contributed by atoms with Crippen LogP contribution in [0.2, 0.25) is 0 Å². The van der Waals surface area contributed by atoms with E-state index in [1.807, 2.05) is 0 Å². The summed E-state index contributed by atoms with van der Waals surface area (Å²) in [6.07, 6.45) is 0. The summed E-state index contributed by atoms with van der Waals surface area (Å²) < 4.78 is 5.03. The molecule has 0 aromatic carbocycles. The maximum Gasteiger partial charge on any atom is 0.329 e. The average molecular weight is 274 g/mol. The molecule has 1 fully saturated rings. The number of nitrogens with two attached hydrogens (primary N) is 1. The molecule has 1 rings (SSSR count). The van der Waals surface area contributed by atoms with Crippen LogP contribution >= 0.6 is 11.8 Å². The molecule has 1 heterocycles. The first kappa shape index (κ1) is 15.3. The Morgan fingerprint density at radius 2 is 2.17 bits per heavy atom. The summed E-state index contributed by atoms with van der Waals surface area (Å²) in [4.78, 5) is 25.9. The van der Waals surface area contributed by atoms with Crippen LogP contribution in [0.25, 0.3) is 0 Å². The fourth-order valence-corrected chi connectivity index (χ4v) is 2.79. The highest BCUT2D eigenvalue weighted by molar-refractivity contribution is 7.99. The standard InChI is InChI=1S/C12H22N2O3S/c1-4-17-10(15)9-7-18-6-5-14(9)11(16)12(2,3)8-13/h9H,4-8,13H2,1-3H3. The van der Waals surface area contributed by atoms with Gasteiger partial charge in [-0.15, -0.1) is 0 Å². The fourth-order valence-electron chi connectivity index (χ4n) is 1.76. The minimum absolute atomic E-state index is 0.0663. The van der Waals surface area contributed by atoms with Gasteiger partial charge in [0.2, 0.25) is 5.91 Å². The van der Waals surface area contributed by atoms with Crippen LogP contribution in [-0.2, 0) is 14.3 Å². The van der Waals surface area contributed by atoms with Crippen molar-refractivity contribution in [1.82, 2.24) is 4.90 Å². The van der Waals surface area contributed by atoms with Gasteiger partial charge in [-0.05, 0) is 20.8 Å². The highest BCUT2D eigenvalue weighted by Gasteiger charge is 2.39. The number of amides is 1. The Morgan fingerprint density at radius 1 is 1.50 bits per heavy atom. The molecule has 0 aromatic heterocycles. The predicted molar refractivity (Wildman–Crippen MR) is 72.3 cm³/mol. The molecule has 0 radical (unpaired) electrons. The number of nitrogens with zero attached hydrogens (tertiary/aromatic N) is 1. The van der Waals surface area contributed by atoms with E-state index >= 15 is 0 Å². The molecule has 0 aromatic rings. The number of esters is 1. The van der Waals surface area contributed by atoms with E-state index in [1.165, 1.54) is 0 Å². The van der Waals surface area contributed by atoms with Crippen molar-refractivity contribution >= 4 is 23.6 Å². The fraction of sp³-hybridized carbons (Fsp3) is 0.833. The molecular formula is C12H22N2O3S. The summed E-state index contributed by atoms with van der Waals surface area (Å²) in [7, 11) is 0. The van der Waals surface area contributed by atoms with Crippen molar-refractivity contribution in [3.63, 3.8) is 0 Å². The number of hydrogen-bond donors (Lipinski definition) is 1. The molecule has 5 nitrogen and oxygen atoms in total. The molecule has 0 spiro atoms. The SMILES string of the molecule is CCOC(=O)C1CSCCN1C(=O)C(C)(C)CN. The Hall–Kier alpha value is -0.750. The second-order valence-electron chi connectivity index (χ2n) is 4.93. The minimum atomic E-state index is -0.632. The molecule has 18 heavy (non-hydrogen) atoms. The van der Waals surface area contributed by atoms with E-state index in [1.54, 1.807) is 37.4 Å². The van der Waals surface area contributed by atoms with Gasteiger partial charge in [-0.25, -0.2) is 4.79 Å². The summed E-state index contributed by atoms with van der Waals surface area (Å²) in [5.41, 5.74) is 4.99. The van der Waals surface area contributed by atoms with Crippen molar-refractivity contribution in [3.05, 3.63) is 0 Å². The van der Waals surface area contributed by atoms with Crippen LogP contribution in [0.5, 0.6) is 0 Å². The molecule has 6 heteroatoms. The first-order valence-corrected chi connectivity index (χ1v) is 7.35. The normalized spacial score (nSPS) is 20.7. The quantitative estimate of drug-likeness (QED) is 0.755. The monoisotopic (exact) mass is 274 g/mol. The maximum atomic E-state index is 12.4. The summed E-state index contributed by atoms with van der Waals surface area (Å²) in [5, 5.41) is 0. The maximum absolute atomic E-state index is 12.4.